The van der Waals surface area contributed by atoms with E-state index >= 15 is 0 Å². The van der Waals surface area contributed by atoms with Gasteiger partial charge in [0.2, 0.25) is 0 Å². The van der Waals surface area contributed by atoms with Crippen LogP contribution in [-0.2, 0) is 26.5 Å². The molecule has 5 nitrogen and oxygen atoms in total. The Morgan fingerprint density at radius 2 is 1.30 bits per heavy atom. The van der Waals surface area contributed by atoms with Crippen LogP contribution in [0.2, 0.25) is 5.31 Å². The molecule has 314 valence electrons. The third kappa shape index (κ3) is 7.65. The summed E-state index contributed by atoms with van der Waals surface area (Å²) in [5.74, 6) is 2.10. The third-order valence-electron chi connectivity index (χ3n) is 12.1. The van der Waals surface area contributed by atoms with E-state index in [0.29, 0.717) is 11.5 Å². The van der Waals surface area contributed by atoms with Gasteiger partial charge in [0, 0.05) is 66.8 Å². The summed E-state index contributed by atoms with van der Waals surface area (Å²) in [6.07, 6.45) is 1.92. The zero-order valence-corrected chi connectivity index (χ0v) is 38.7. The molecule has 0 saturated carbocycles. The number of rotatable bonds is 9. The molecule has 0 bridgehead atoms. The second-order valence-corrected chi connectivity index (χ2v) is 18.4. The number of nitrogens with one attached hydrogen (secondary N) is 1. The molecular formula is C56H48BN4OPt-3. The molecule has 0 fully saturated rings. The molecule has 0 spiro atoms. The topological polar surface area (TPSA) is 42.3 Å². The molecule has 0 unspecified atom stereocenters. The maximum absolute atomic E-state index is 6.79. The van der Waals surface area contributed by atoms with Crippen molar-refractivity contribution in [3.8, 4) is 39.6 Å². The van der Waals surface area contributed by atoms with Gasteiger partial charge >= 0.3 is 0 Å². The van der Waals surface area contributed by atoms with Gasteiger partial charge in [-0.3, -0.25) is 7.05 Å². The van der Waals surface area contributed by atoms with Crippen LogP contribution in [0.1, 0.15) is 47.1 Å². The number of benzene rings is 7. The first-order chi connectivity index (χ1) is 29.9. The molecular weight excluding hydrogens is 951 g/mol. The molecule has 10 rings (SSSR count). The maximum Gasteiger partial charge on any atom is 0.189 e. The van der Waals surface area contributed by atoms with E-state index in [0.717, 1.165) is 61.9 Å². The van der Waals surface area contributed by atoms with Crippen molar-refractivity contribution in [1.82, 2.24) is 9.55 Å². The Morgan fingerprint density at radius 1 is 0.651 bits per heavy atom. The van der Waals surface area contributed by atoms with E-state index in [9.17, 15) is 0 Å². The van der Waals surface area contributed by atoms with E-state index in [-0.39, 0.29) is 38.5 Å². The maximum atomic E-state index is 6.79. The first-order valence-electron chi connectivity index (χ1n) is 21.3. The van der Waals surface area contributed by atoms with Gasteiger partial charge in [-0.15, -0.1) is 35.7 Å². The molecule has 0 atom stereocenters. The fourth-order valence-electron chi connectivity index (χ4n) is 9.32. The fourth-order valence-corrected chi connectivity index (χ4v) is 9.32. The molecule has 7 aromatic carbocycles. The second-order valence-electron chi connectivity index (χ2n) is 18.4. The minimum absolute atomic E-state index is 0. The summed E-state index contributed by atoms with van der Waals surface area (Å²) in [7, 11) is 4.70. The van der Waals surface area contributed by atoms with Gasteiger partial charge in [0.15, 0.2) is 6.71 Å². The monoisotopic (exact) mass is 998 g/mol. The number of anilines is 4. The molecule has 1 aliphatic heterocycles. The quantitative estimate of drug-likeness (QED) is 0.116. The van der Waals surface area contributed by atoms with Crippen LogP contribution >= 0.6 is 0 Å². The van der Waals surface area contributed by atoms with E-state index in [2.05, 4.69) is 179 Å². The summed E-state index contributed by atoms with van der Waals surface area (Å²) >= 11 is 0. The van der Waals surface area contributed by atoms with Gasteiger partial charge in [0.05, 0.1) is 5.69 Å². The number of hydrogen-bond donors (Lipinski definition) is 1. The number of aromatic nitrogens is 2. The smallest absolute Gasteiger partial charge is 0.189 e. The van der Waals surface area contributed by atoms with Crippen LogP contribution in [-0.4, -0.2) is 16.3 Å². The van der Waals surface area contributed by atoms with Crippen molar-refractivity contribution in [2.24, 2.45) is 0 Å². The first-order valence-corrected chi connectivity index (χ1v) is 21.3. The van der Waals surface area contributed by atoms with Crippen LogP contribution in [0.25, 0.3) is 49.9 Å². The van der Waals surface area contributed by atoms with E-state index in [1.165, 1.54) is 27.3 Å². The zero-order chi connectivity index (χ0) is 42.8. The van der Waals surface area contributed by atoms with Crippen LogP contribution < -0.4 is 25.9 Å². The number of para-hydroxylation sites is 3. The zero-order valence-electron chi connectivity index (χ0n) is 36.4. The van der Waals surface area contributed by atoms with Crippen molar-refractivity contribution in [3.05, 3.63) is 189 Å². The molecule has 1 N–H and O–H groups in total. The molecule has 0 saturated heterocycles. The Labute approximate surface area is 386 Å². The van der Waals surface area contributed by atoms with Crippen molar-refractivity contribution in [2.45, 2.75) is 52.3 Å². The van der Waals surface area contributed by atoms with Gasteiger partial charge in [0.25, 0.3) is 0 Å². The van der Waals surface area contributed by atoms with Crippen molar-refractivity contribution >= 4 is 62.2 Å². The normalized spacial score (nSPS) is 12.2. The molecule has 9 aromatic rings. The molecule has 1 aliphatic rings. The molecule has 0 aliphatic carbocycles. The summed E-state index contributed by atoms with van der Waals surface area (Å²) in [5.41, 5.74) is 13.9. The summed E-state index contributed by atoms with van der Waals surface area (Å²) < 4.78 is 9.05. The average Bonchev–Trinajstić information content (AvgIpc) is 3.80. The second kappa shape index (κ2) is 16.4. The van der Waals surface area contributed by atoms with Crippen LogP contribution in [0.15, 0.2) is 164 Å². The predicted molar refractivity (Wildman–Crippen MR) is 261 cm³/mol. The Balaban J connectivity index is 0.00000504. The molecule has 0 radical (unpaired) electrons. The molecule has 2 aromatic heterocycles. The molecule has 0 amide bonds. The van der Waals surface area contributed by atoms with Crippen molar-refractivity contribution in [1.29, 1.82) is 0 Å². The molecule has 3 heterocycles. The standard InChI is InChI=1S/C56H48BN4O.Pt/c1-55(2,3)39-31-32-58-51(33-39)61-49-30-18-27-45-52(49)53-46(57(45)56(4,5)6)35-42(36-50(53)61)62-41-24-16-23-40(34-41)59-47-28-14-15-29-48(47)60(7)54-43(37-19-10-8-11-20-37)25-17-26-44(54)38-21-12-9-13-22-38;/h8-33,35,59H,7H2,1-6H3;/q-3;. The van der Waals surface area contributed by atoms with Gasteiger partial charge in [-0.1, -0.05) is 172 Å². The van der Waals surface area contributed by atoms with Crippen LogP contribution in [0.3, 0.4) is 0 Å². The Hall–Kier alpha value is -6.36. The summed E-state index contributed by atoms with van der Waals surface area (Å²) in [6.45, 7) is 13.9. The minimum atomic E-state index is -0.0318. The van der Waals surface area contributed by atoms with E-state index in [1.807, 2.05) is 53.6 Å². The van der Waals surface area contributed by atoms with Gasteiger partial charge in [-0.05, 0) is 52.4 Å². The van der Waals surface area contributed by atoms with Gasteiger partial charge in [-0.25, -0.2) is 4.98 Å². The number of pyridine rings is 1. The largest absolute Gasteiger partial charge is 0.509 e. The van der Waals surface area contributed by atoms with E-state index in [4.69, 9.17) is 16.8 Å². The summed E-state index contributed by atoms with van der Waals surface area (Å²) in [4.78, 5) is 6.98. The summed E-state index contributed by atoms with van der Waals surface area (Å²) in [6, 6.07) is 62.2. The molecule has 63 heavy (non-hydrogen) atoms. The van der Waals surface area contributed by atoms with Gasteiger partial charge in [-0.2, -0.15) is 11.5 Å². The first kappa shape index (κ1) is 42.0. The van der Waals surface area contributed by atoms with Crippen molar-refractivity contribution in [3.63, 3.8) is 0 Å². The number of ether oxygens (including phenoxy) is 1. The Bertz CT molecular complexity index is 3070. The van der Waals surface area contributed by atoms with Crippen LogP contribution in [0.5, 0.6) is 11.5 Å². The number of nitrogens with zero attached hydrogens (tertiary/aromatic N) is 3. The third-order valence-corrected chi connectivity index (χ3v) is 12.1. The Kier molecular flexibility index (Phi) is 10.9. The van der Waals surface area contributed by atoms with Gasteiger partial charge < -0.3 is 19.5 Å². The van der Waals surface area contributed by atoms with Crippen LogP contribution in [0, 0.1) is 19.2 Å². The van der Waals surface area contributed by atoms with Crippen molar-refractivity contribution in [2.75, 3.05) is 10.2 Å². The molecule has 7 heteroatoms. The average molecular weight is 999 g/mol. The SMILES string of the molecule is [CH2-]N(c1ccccc1Nc1[c-]c(Oc2[c-]c3c4c(c2)B(C(C)(C)C)c2cccc(c24)n3-c2cc(C(C)(C)C)ccn2)ccc1)c1c(-c2ccccc2)cccc1-c1ccccc1.[Pt]. The fraction of sp³-hybridized carbons (Fsp3) is 0.143. The van der Waals surface area contributed by atoms with Gasteiger partial charge in [0.1, 0.15) is 5.82 Å². The predicted octanol–water partition coefficient (Wildman–Crippen LogP) is 13.6. The van der Waals surface area contributed by atoms with E-state index < -0.39 is 0 Å². The van der Waals surface area contributed by atoms with Crippen molar-refractivity contribution < 1.29 is 25.8 Å². The number of hydrogen-bond acceptors (Lipinski definition) is 4. The van der Waals surface area contributed by atoms with Crippen LogP contribution in [0.4, 0.5) is 22.7 Å². The summed E-state index contributed by atoms with van der Waals surface area (Å²) in [5, 5.41) is 6.15. The minimum Gasteiger partial charge on any atom is -0.509 e. The van der Waals surface area contributed by atoms with E-state index in [1.54, 1.807) is 0 Å². The Morgan fingerprint density at radius 3 is 1.98 bits per heavy atom.